The van der Waals surface area contributed by atoms with E-state index in [0.29, 0.717) is 41.7 Å². The van der Waals surface area contributed by atoms with Gasteiger partial charge in [0.1, 0.15) is 11.5 Å². The normalized spacial score (nSPS) is 16.3. The maximum Gasteiger partial charge on any atom is 0.258 e. The largest absolute Gasteiger partial charge is 0.497 e. The third-order valence-corrected chi connectivity index (χ3v) is 5.40. The van der Waals surface area contributed by atoms with Gasteiger partial charge in [0.2, 0.25) is 5.91 Å². The first-order valence-electron chi connectivity index (χ1n) is 9.43. The molecule has 29 heavy (non-hydrogen) atoms. The first kappa shape index (κ1) is 19.0. The van der Waals surface area contributed by atoms with Crippen LogP contribution < -0.4 is 14.4 Å². The van der Waals surface area contributed by atoms with E-state index in [1.807, 2.05) is 49.1 Å². The molecule has 1 aliphatic rings. The van der Waals surface area contributed by atoms with Crippen LogP contribution >= 0.6 is 0 Å². The third-order valence-electron chi connectivity index (χ3n) is 5.40. The molecular formula is C22H23N3O4. The van der Waals surface area contributed by atoms with Crippen LogP contribution in [0.5, 0.6) is 11.5 Å². The van der Waals surface area contributed by atoms with Gasteiger partial charge in [-0.3, -0.25) is 4.79 Å². The predicted molar refractivity (Wildman–Crippen MR) is 108 cm³/mol. The summed E-state index contributed by atoms with van der Waals surface area (Å²) in [6.07, 6.45) is 0.355. The number of anilines is 1. The number of aryl methyl sites for hydroxylation is 1. The fourth-order valence-electron chi connectivity index (χ4n) is 3.59. The number of ether oxygens (including phenoxy) is 2. The van der Waals surface area contributed by atoms with E-state index in [1.165, 1.54) is 0 Å². The number of hydrogen-bond acceptors (Lipinski definition) is 6. The number of nitrogens with zero attached hydrogens (tertiary/aromatic N) is 3. The van der Waals surface area contributed by atoms with Crippen LogP contribution in [0.1, 0.15) is 29.3 Å². The molecule has 0 N–H and O–H groups in total. The zero-order chi connectivity index (χ0) is 20.5. The number of methoxy groups -OCH3 is 2. The van der Waals surface area contributed by atoms with Crippen LogP contribution in [-0.4, -0.2) is 36.8 Å². The van der Waals surface area contributed by atoms with Crippen LogP contribution in [0.25, 0.3) is 11.5 Å². The lowest BCUT2D eigenvalue weighted by atomic mass is 10.1. The molecule has 2 aromatic carbocycles. The Bertz CT molecular complexity index is 1040. The van der Waals surface area contributed by atoms with Gasteiger partial charge in [-0.2, -0.15) is 4.98 Å². The summed E-state index contributed by atoms with van der Waals surface area (Å²) in [4.78, 5) is 19.0. The Morgan fingerprint density at radius 3 is 2.52 bits per heavy atom. The molecule has 1 unspecified atom stereocenters. The maximum absolute atomic E-state index is 12.7. The van der Waals surface area contributed by atoms with Gasteiger partial charge < -0.3 is 18.9 Å². The van der Waals surface area contributed by atoms with E-state index in [0.717, 1.165) is 16.8 Å². The highest BCUT2D eigenvalue weighted by atomic mass is 16.5. The molecule has 1 fully saturated rings. The van der Waals surface area contributed by atoms with E-state index < -0.39 is 0 Å². The van der Waals surface area contributed by atoms with E-state index in [4.69, 9.17) is 14.0 Å². The zero-order valence-corrected chi connectivity index (χ0v) is 16.9. The number of benzene rings is 2. The molecule has 1 atom stereocenters. The highest BCUT2D eigenvalue weighted by Crippen LogP contribution is 2.35. The first-order valence-corrected chi connectivity index (χ1v) is 9.43. The fraction of sp³-hybridized carbons (Fsp3) is 0.318. The maximum atomic E-state index is 12.7. The van der Waals surface area contributed by atoms with Gasteiger partial charge in [0.15, 0.2) is 5.82 Å². The molecule has 0 bridgehead atoms. The van der Waals surface area contributed by atoms with Crippen molar-refractivity contribution in [3.8, 4) is 23.0 Å². The minimum absolute atomic E-state index is 0.0677. The molecule has 0 spiro atoms. The van der Waals surface area contributed by atoms with Crippen molar-refractivity contribution in [3.05, 3.63) is 53.3 Å². The zero-order valence-electron chi connectivity index (χ0n) is 16.9. The van der Waals surface area contributed by atoms with Crippen molar-refractivity contribution in [3.63, 3.8) is 0 Å². The van der Waals surface area contributed by atoms with Crippen molar-refractivity contribution in [2.45, 2.75) is 26.2 Å². The Morgan fingerprint density at radius 1 is 1.10 bits per heavy atom. The predicted octanol–water partition coefficient (Wildman–Crippen LogP) is 3.89. The molecular weight excluding hydrogens is 370 g/mol. The average molecular weight is 393 g/mol. The van der Waals surface area contributed by atoms with E-state index in [9.17, 15) is 4.79 Å². The van der Waals surface area contributed by atoms with Crippen molar-refractivity contribution in [2.24, 2.45) is 0 Å². The molecule has 7 nitrogen and oxygen atoms in total. The van der Waals surface area contributed by atoms with Crippen LogP contribution in [0.2, 0.25) is 0 Å². The number of amides is 1. The second-order valence-corrected chi connectivity index (χ2v) is 7.18. The number of carbonyl (C=O) groups excluding carboxylic acids is 1. The number of hydrogen-bond donors (Lipinski definition) is 0. The van der Waals surface area contributed by atoms with Crippen LogP contribution in [-0.2, 0) is 4.79 Å². The minimum Gasteiger partial charge on any atom is -0.497 e. The van der Waals surface area contributed by atoms with Crippen molar-refractivity contribution in [1.29, 1.82) is 0 Å². The van der Waals surface area contributed by atoms with Crippen LogP contribution in [0.15, 0.2) is 40.9 Å². The van der Waals surface area contributed by atoms with Gasteiger partial charge in [0.05, 0.1) is 14.2 Å². The SMILES string of the molecule is COc1cc(OC)cc(-c2nc(C3CC(=O)N(c4cccc(C)c4C)C3)no2)c1. The lowest BCUT2D eigenvalue weighted by molar-refractivity contribution is -0.117. The highest BCUT2D eigenvalue weighted by molar-refractivity contribution is 5.97. The smallest absolute Gasteiger partial charge is 0.258 e. The van der Waals surface area contributed by atoms with Gasteiger partial charge in [-0.1, -0.05) is 17.3 Å². The van der Waals surface area contributed by atoms with Gasteiger partial charge in [0.25, 0.3) is 5.89 Å². The molecule has 1 saturated heterocycles. The monoisotopic (exact) mass is 393 g/mol. The van der Waals surface area contributed by atoms with Crippen LogP contribution in [0.4, 0.5) is 5.69 Å². The topological polar surface area (TPSA) is 77.7 Å². The summed E-state index contributed by atoms with van der Waals surface area (Å²) in [7, 11) is 3.17. The first-order chi connectivity index (χ1) is 14.0. The van der Waals surface area contributed by atoms with E-state index in [1.54, 1.807) is 20.3 Å². The van der Waals surface area contributed by atoms with Crippen molar-refractivity contribution >= 4 is 11.6 Å². The Hall–Kier alpha value is -3.35. The summed E-state index contributed by atoms with van der Waals surface area (Å²) in [5, 5.41) is 4.14. The molecule has 1 amide bonds. The van der Waals surface area contributed by atoms with Crippen molar-refractivity contribution < 1.29 is 18.8 Å². The number of aromatic nitrogens is 2. The standard InChI is InChI=1S/C22H23N3O4/c1-13-6-5-7-19(14(13)2)25-12-16(10-20(25)26)21-23-22(29-24-21)15-8-17(27-3)11-18(9-15)28-4/h5-9,11,16H,10,12H2,1-4H3. The summed E-state index contributed by atoms with van der Waals surface area (Å²) in [6, 6.07) is 11.4. The molecule has 1 aromatic heterocycles. The van der Waals surface area contributed by atoms with Gasteiger partial charge in [-0.15, -0.1) is 0 Å². The van der Waals surface area contributed by atoms with E-state index in [-0.39, 0.29) is 11.8 Å². The van der Waals surface area contributed by atoms with Crippen molar-refractivity contribution in [2.75, 3.05) is 25.7 Å². The Kier molecular flexibility index (Phi) is 4.96. The van der Waals surface area contributed by atoms with Gasteiger partial charge in [-0.05, 0) is 43.2 Å². The summed E-state index contributed by atoms with van der Waals surface area (Å²) >= 11 is 0. The van der Waals surface area contributed by atoms with Gasteiger partial charge >= 0.3 is 0 Å². The quantitative estimate of drug-likeness (QED) is 0.654. The van der Waals surface area contributed by atoms with Crippen molar-refractivity contribution in [1.82, 2.24) is 10.1 Å². The fourth-order valence-corrected chi connectivity index (χ4v) is 3.59. The number of carbonyl (C=O) groups is 1. The molecule has 0 saturated carbocycles. The summed E-state index contributed by atoms with van der Waals surface area (Å²) in [5.74, 6) is 2.12. The minimum atomic E-state index is -0.118. The Morgan fingerprint density at radius 2 is 1.83 bits per heavy atom. The summed E-state index contributed by atoms with van der Waals surface area (Å²) in [6.45, 7) is 4.61. The van der Waals surface area contributed by atoms with E-state index in [2.05, 4.69) is 10.1 Å². The summed E-state index contributed by atoms with van der Waals surface area (Å²) in [5.41, 5.74) is 3.92. The third kappa shape index (κ3) is 3.55. The highest BCUT2D eigenvalue weighted by Gasteiger charge is 2.35. The Labute approximate surface area is 169 Å². The molecule has 0 aliphatic carbocycles. The Balaban J connectivity index is 1.59. The molecule has 7 heteroatoms. The molecule has 4 rings (SSSR count). The second kappa shape index (κ2) is 7.58. The molecule has 0 radical (unpaired) electrons. The van der Waals surface area contributed by atoms with E-state index >= 15 is 0 Å². The van der Waals surface area contributed by atoms with Crippen LogP contribution in [0.3, 0.4) is 0 Å². The van der Waals surface area contributed by atoms with Crippen LogP contribution in [0, 0.1) is 13.8 Å². The van der Waals surface area contributed by atoms with Gasteiger partial charge in [-0.25, -0.2) is 0 Å². The molecule has 3 aromatic rings. The van der Waals surface area contributed by atoms with Gasteiger partial charge in [0, 0.05) is 36.2 Å². The molecule has 1 aliphatic heterocycles. The molecule has 2 heterocycles. The summed E-state index contributed by atoms with van der Waals surface area (Å²) < 4.78 is 16.1. The second-order valence-electron chi connectivity index (χ2n) is 7.18. The lowest BCUT2D eigenvalue weighted by Crippen LogP contribution is -2.25. The number of rotatable bonds is 5. The lowest BCUT2D eigenvalue weighted by Gasteiger charge is -2.19. The average Bonchev–Trinajstić information content (AvgIpc) is 3.36. The molecule has 150 valence electrons.